The fourth-order valence-corrected chi connectivity index (χ4v) is 2.93. The lowest BCUT2D eigenvalue weighted by molar-refractivity contribution is -0.384. The summed E-state index contributed by atoms with van der Waals surface area (Å²) in [6.07, 6.45) is 5.12. The minimum Gasteiger partial charge on any atom is -0.391 e. The summed E-state index contributed by atoms with van der Waals surface area (Å²) < 4.78 is 0. The van der Waals surface area contributed by atoms with Gasteiger partial charge in [-0.2, -0.15) is 0 Å². The highest BCUT2D eigenvalue weighted by atomic mass is 16.6. The quantitative estimate of drug-likeness (QED) is 0.622. The van der Waals surface area contributed by atoms with Crippen LogP contribution in [0.15, 0.2) is 24.3 Å². The van der Waals surface area contributed by atoms with Crippen LogP contribution in [-0.2, 0) is 11.2 Å². The maximum Gasteiger partial charge on any atom is 0.269 e. The van der Waals surface area contributed by atoms with Gasteiger partial charge in [-0.25, -0.2) is 0 Å². The number of rotatable bonds is 6. The number of nitro groups is 1. The van der Waals surface area contributed by atoms with Crippen LogP contribution in [0.25, 0.3) is 0 Å². The lowest BCUT2D eigenvalue weighted by Gasteiger charge is -2.26. The maximum atomic E-state index is 11.9. The molecule has 0 radical (unpaired) electrons. The molecule has 1 aromatic carbocycles. The van der Waals surface area contributed by atoms with E-state index in [0.717, 1.165) is 25.7 Å². The summed E-state index contributed by atoms with van der Waals surface area (Å²) in [5.74, 6) is 0.0437. The van der Waals surface area contributed by atoms with Gasteiger partial charge in [-0.15, -0.1) is 0 Å². The fourth-order valence-electron chi connectivity index (χ4n) is 2.93. The average Bonchev–Trinajstić information content (AvgIpc) is 2.53. The van der Waals surface area contributed by atoms with Gasteiger partial charge >= 0.3 is 0 Å². The first kappa shape index (κ1) is 16.4. The number of carbonyl (C=O) groups is 1. The Balaban J connectivity index is 1.80. The molecule has 0 heterocycles. The van der Waals surface area contributed by atoms with Crippen LogP contribution in [-0.4, -0.2) is 28.6 Å². The predicted molar refractivity (Wildman–Crippen MR) is 82.4 cm³/mol. The minimum absolute atomic E-state index is 0.0208. The van der Waals surface area contributed by atoms with Crippen LogP contribution in [0.3, 0.4) is 0 Å². The van der Waals surface area contributed by atoms with Crippen LogP contribution in [0, 0.1) is 16.0 Å². The van der Waals surface area contributed by atoms with Gasteiger partial charge in [0.25, 0.3) is 5.69 Å². The van der Waals surface area contributed by atoms with Crippen LogP contribution in [0.5, 0.6) is 0 Å². The standard InChI is InChI=1S/C16H22N2O4/c19-15(13-6-2-1-3-7-13)11-17-16(20)10-12-5-4-8-14(9-12)18(21)22/h4-5,8-9,13,15,19H,1-3,6-7,10-11H2,(H,17,20)/t15-/m1/s1. The highest BCUT2D eigenvalue weighted by Gasteiger charge is 2.22. The molecule has 2 rings (SSSR count). The van der Waals surface area contributed by atoms with Crippen LogP contribution < -0.4 is 5.32 Å². The van der Waals surface area contributed by atoms with Crippen LogP contribution in [0.1, 0.15) is 37.7 Å². The van der Waals surface area contributed by atoms with Crippen molar-refractivity contribution in [3.63, 3.8) is 0 Å². The second-order valence-electron chi connectivity index (χ2n) is 5.87. The highest BCUT2D eigenvalue weighted by molar-refractivity contribution is 5.78. The number of hydrogen-bond donors (Lipinski definition) is 2. The first-order valence-corrected chi connectivity index (χ1v) is 7.74. The first-order valence-electron chi connectivity index (χ1n) is 7.74. The molecule has 0 aromatic heterocycles. The Labute approximate surface area is 129 Å². The molecule has 2 N–H and O–H groups in total. The van der Waals surface area contributed by atoms with Crippen LogP contribution >= 0.6 is 0 Å². The summed E-state index contributed by atoms with van der Waals surface area (Å²) in [5.41, 5.74) is 0.575. The molecule has 0 aliphatic heterocycles. The molecule has 1 amide bonds. The normalized spacial score (nSPS) is 17.0. The highest BCUT2D eigenvalue weighted by Crippen LogP contribution is 2.26. The molecule has 120 valence electrons. The molecule has 1 aliphatic carbocycles. The fraction of sp³-hybridized carbons (Fsp3) is 0.562. The number of nitrogens with zero attached hydrogens (tertiary/aromatic N) is 1. The van der Waals surface area contributed by atoms with Crippen LogP contribution in [0.4, 0.5) is 5.69 Å². The van der Waals surface area contributed by atoms with Gasteiger partial charge < -0.3 is 10.4 Å². The maximum absolute atomic E-state index is 11.9. The third-order valence-electron chi connectivity index (χ3n) is 4.19. The van der Waals surface area contributed by atoms with E-state index in [1.54, 1.807) is 12.1 Å². The molecule has 6 heteroatoms. The number of benzene rings is 1. The molecule has 0 unspecified atom stereocenters. The van der Waals surface area contributed by atoms with E-state index in [1.165, 1.54) is 18.6 Å². The smallest absolute Gasteiger partial charge is 0.269 e. The van der Waals surface area contributed by atoms with Crippen molar-refractivity contribution in [3.05, 3.63) is 39.9 Å². The molecule has 0 saturated heterocycles. The van der Waals surface area contributed by atoms with E-state index in [1.807, 2.05) is 0 Å². The van der Waals surface area contributed by atoms with E-state index in [0.29, 0.717) is 5.56 Å². The Bertz CT molecular complexity index is 527. The Morgan fingerprint density at radius 3 is 2.77 bits per heavy atom. The van der Waals surface area contributed by atoms with Gasteiger partial charge in [0.05, 0.1) is 17.4 Å². The number of non-ortho nitro benzene ring substituents is 1. The molecule has 0 bridgehead atoms. The molecule has 0 spiro atoms. The van der Waals surface area contributed by atoms with Crippen molar-refractivity contribution in [1.82, 2.24) is 5.32 Å². The number of aliphatic hydroxyl groups is 1. The average molecular weight is 306 g/mol. The lowest BCUT2D eigenvalue weighted by Crippen LogP contribution is -2.37. The Hall–Kier alpha value is -1.95. The molecule has 1 aromatic rings. The zero-order chi connectivity index (χ0) is 15.9. The molecule has 6 nitrogen and oxygen atoms in total. The van der Waals surface area contributed by atoms with E-state index in [-0.39, 0.29) is 30.5 Å². The largest absolute Gasteiger partial charge is 0.391 e. The Kier molecular flexibility index (Phi) is 5.89. The lowest BCUT2D eigenvalue weighted by atomic mass is 9.85. The van der Waals surface area contributed by atoms with Crippen LogP contribution in [0.2, 0.25) is 0 Å². The Morgan fingerprint density at radius 1 is 1.36 bits per heavy atom. The second-order valence-corrected chi connectivity index (χ2v) is 5.87. The van der Waals surface area contributed by atoms with Crippen molar-refractivity contribution in [1.29, 1.82) is 0 Å². The number of nitrogens with one attached hydrogen (secondary N) is 1. The zero-order valence-electron chi connectivity index (χ0n) is 12.5. The SMILES string of the molecule is O=C(Cc1cccc([N+](=O)[O-])c1)NC[C@@H](O)C1CCCCC1. The van der Waals surface area contributed by atoms with E-state index in [2.05, 4.69) is 5.32 Å². The summed E-state index contributed by atoms with van der Waals surface area (Å²) in [4.78, 5) is 22.1. The van der Waals surface area contributed by atoms with Gasteiger partial charge in [-0.05, 0) is 24.3 Å². The van der Waals surface area contributed by atoms with E-state index < -0.39 is 11.0 Å². The molecule has 1 fully saturated rings. The summed E-state index contributed by atoms with van der Waals surface area (Å²) in [6, 6.07) is 6.05. The minimum atomic E-state index is -0.505. The van der Waals surface area contributed by atoms with Gasteiger partial charge in [0.1, 0.15) is 0 Å². The number of amides is 1. The molecule has 1 atom stereocenters. The predicted octanol–water partition coefficient (Wildman–Crippen LogP) is 2.19. The molecular weight excluding hydrogens is 284 g/mol. The molecule has 22 heavy (non-hydrogen) atoms. The number of nitro benzene ring substituents is 1. The number of hydrogen-bond acceptors (Lipinski definition) is 4. The molecular formula is C16H22N2O4. The zero-order valence-corrected chi connectivity index (χ0v) is 12.5. The summed E-state index contributed by atoms with van der Waals surface area (Å²) in [6.45, 7) is 0.248. The van der Waals surface area contributed by atoms with Crippen molar-refractivity contribution in [3.8, 4) is 0 Å². The third-order valence-corrected chi connectivity index (χ3v) is 4.19. The number of carbonyl (C=O) groups excluding carboxylic acids is 1. The summed E-state index contributed by atoms with van der Waals surface area (Å²) in [5, 5.41) is 23.5. The number of aliphatic hydroxyl groups excluding tert-OH is 1. The summed E-state index contributed by atoms with van der Waals surface area (Å²) in [7, 11) is 0. The Morgan fingerprint density at radius 2 is 2.09 bits per heavy atom. The van der Waals surface area contributed by atoms with Crippen molar-refractivity contribution in [2.24, 2.45) is 5.92 Å². The van der Waals surface area contributed by atoms with Gasteiger partial charge in [0.2, 0.25) is 5.91 Å². The van der Waals surface area contributed by atoms with Crippen molar-refractivity contribution >= 4 is 11.6 Å². The molecule has 1 saturated carbocycles. The van der Waals surface area contributed by atoms with Crippen molar-refractivity contribution < 1.29 is 14.8 Å². The third kappa shape index (κ3) is 4.80. The second kappa shape index (κ2) is 7.89. The van der Waals surface area contributed by atoms with Gasteiger partial charge in [0, 0.05) is 18.7 Å². The van der Waals surface area contributed by atoms with E-state index >= 15 is 0 Å². The van der Waals surface area contributed by atoms with Gasteiger partial charge in [-0.1, -0.05) is 31.4 Å². The topological polar surface area (TPSA) is 92.5 Å². The van der Waals surface area contributed by atoms with Crippen molar-refractivity contribution in [2.75, 3.05) is 6.54 Å². The molecule has 1 aliphatic rings. The van der Waals surface area contributed by atoms with E-state index in [4.69, 9.17) is 0 Å². The van der Waals surface area contributed by atoms with Crippen molar-refractivity contribution in [2.45, 2.75) is 44.6 Å². The summed E-state index contributed by atoms with van der Waals surface area (Å²) >= 11 is 0. The van der Waals surface area contributed by atoms with Gasteiger partial charge in [-0.3, -0.25) is 14.9 Å². The van der Waals surface area contributed by atoms with E-state index in [9.17, 15) is 20.0 Å². The monoisotopic (exact) mass is 306 g/mol. The van der Waals surface area contributed by atoms with Gasteiger partial charge in [0.15, 0.2) is 0 Å². The first-order chi connectivity index (χ1) is 10.6.